The standard InChI is InChI=1S/C22H22F2N4O6/c1-22(2,3)34-21(31)26-11-5-7-12(8-6-11)28-17-13(9-10-14(27-17)33-20(23)24)16(25)15(18(28)29)19(30)32-4/h5-10,20H,25H2,1-4H3,(H,26,31)/i4D3. The normalized spacial score (nSPS) is 13.1. The molecule has 0 fully saturated rings. The molecule has 1 amide bonds. The monoisotopic (exact) mass is 479 g/mol. The number of benzene rings is 1. The van der Waals surface area contributed by atoms with E-state index in [-0.39, 0.29) is 22.4 Å². The van der Waals surface area contributed by atoms with E-state index in [4.69, 9.17) is 14.6 Å². The van der Waals surface area contributed by atoms with Crippen LogP contribution in [-0.4, -0.2) is 40.9 Å². The van der Waals surface area contributed by atoms with Crippen molar-refractivity contribution >= 4 is 34.5 Å². The van der Waals surface area contributed by atoms with Gasteiger partial charge in [-0.2, -0.15) is 13.8 Å². The molecule has 0 bridgehead atoms. The molecule has 0 aliphatic heterocycles. The quantitative estimate of drug-likeness (QED) is 0.529. The highest BCUT2D eigenvalue weighted by molar-refractivity contribution is 6.03. The van der Waals surface area contributed by atoms with Crippen LogP contribution in [0.15, 0.2) is 41.2 Å². The van der Waals surface area contributed by atoms with Crippen molar-refractivity contribution < 1.29 is 36.7 Å². The number of halogens is 2. The van der Waals surface area contributed by atoms with Gasteiger partial charge < -0.3 is 19.9 Å². The molecule has 0 spiro atoms. The van der Waals surface area contributed by atoms with Crippen LogP contribution in [0.5, 0.6) is 5.88 Å². The van der Waals surface area contributed by atoms with E-state index in [0.29, 0.717) is 0 Å². The number of pyridine rings is 2. The fourth-order valence-corrected chi connectivity index (χ4v) is 3.03. The molecule has 1 aromatic carbocycles. The molecule has 180 valence electrons. The minimum atomic E-state index is -3.21. The number of nitrogen functional groups attached to an aromatic ring is 1. The van der Waals surface area contributed by atoms with E-state index in [9.17, 15) is 23.2 Å². The summed E-state index contributed by atoms with van der Waals surface area (Å²) in [7, 11) is -3.17. The SMILES string of the molecule is [2H]C([2H])([2H])OC(=O)c1c(N)c2ccc(OC(F)F)nc2n(-c2ccc(NC(=O)OC(C)(C)C)cc2)c1=O. The molecular formula is C22H22F2N4O6. The summed E-state index contributed by atoms with van der Waals surface area (Å²) in [4.78, 5) is 41.9. The predicted molar refractivity (Wildman–Crippen MR) is 120 cm³/mol. The number of methoxy groups -OCH3 is 1. The number of hydrogen-bond acceptors (Lipinski definition) is 8. The van der Waals surface area contributed by atoms with E-state index in [1.165, 1.54) is 30.3 Å². The number of nitrogens with two attached hydrogens (primary N) is 1. The van der Waals surface area contributed by atoms with Crippen molar-refractivity contribution in [2.75, 3.05) is 18.1 Å². The summed E-state index contributed by atoms with van der Waals surface area (Å²) in [6.45, 7) is 1.83. The van der Waals surface area contributed by atoms with Crippen molar-refractivity contribution in [2.45, 2.75) is 33.0 Å². The molecule has 3 N–H and O–H groups in total. The fourth-order valence-electron chi connectivity index (χ4n) is 3.03. The van der Waals surface area contributed by atoms with Crippen LogP contribution in [-0.2, 0) is 9.47 Å². The fraction of sp³-hybridized carbons (Fsp3) is 0.273. The molecule has 0 saturated heterocycles. The van der Waals surface area contributed by atoms with E-state index in [1.807, 2.05) is 0 Å². The summed E-state index contributed by atoms with van der Waals surface area (Å²) in [6, 6.07) is 7.71. The van der Waals surface area contributed by atoms with Crippen molar-refractivity contribution in [3.8, 4) is 11.6 Å². The zero-order valence-electron chi connectivity index (χ0n) is 21.2. The molecule has 3 aromatic rings. The van der Waals surface area contributed by atoms with Gasteiger partial charge >= 0.3 is 18.7 Å². The van der Waals surface area contributed by atoms with Crippen LogP contribution in [0.2, 0.25) is 0 Å². The molecule has 0 aliphatic carbocycles. The van der Waals surface area contributed by atoms with Gasteiger partial charge in [-0.25, -0.2) is 9.59 Å². The highest BCUT2D eigenvalue weighted by Gasteiger charge is 2.24. The van der Waals surface area contributed by atoms with E-state index >= 15 is 0 Å². The Hall–Kier alpha value is -4.22. The molecule has 0 radical (unpaired) electrons. The second-order valence-electron chi connectivity index (χ2n) is 7.89. The zero-order valence-corrected chi connectivity index (χ0v) is 18.2. The van der Waals surface area contributed by atoms with Crippen LogP contribution in [0.1, 0.15) is 35.2 Å². The van der Waals surface area contributed by atoms with Crippen molar-refractivity contribution in [1.82, 2.24) is 9.55 Å². The Morgan fingerprint density at radius 1 is 1.18 bits per heavy atom. The van der Waals surface area contributed by atoms with Gasteiger partial charge in [-0.3, -0.25) is 14.7 Å². The van der Waals surface area contributed by atoms with Crippen LogP contribution >= 0.6 is 0 Å². The number of aromatic nitrogens is 2. The maximum Gasteiger partial charge on any atom is 0.412 e. The molecule has 10 nitrogen and oxygen atoms in total. The summed E-state index contributed by atoms with van der Waals surface area (Å²) >= 11 is 0. The van der Waals surface area contributed by atoms with E-state index in [2.05, 4.69) is 19.8 Å². The lowest BCUT2D eigenvalue weighted by Gasteiger charge is -2.20. The van der Waals surface area contributed by atoms with Crippen LogP contribution in [0.4, 0.5) is 25.0 Å². The smallest absolute Gasteiger partial charge is 0.412 e. The summed E-state index contributed by atoms with van der Waals surface area (Å²) in [5.41, 5.74) is 2.91. The number of carbonyl (C=O) groups is 2. The summed E-state index contributed by atoms with van der Waals surface area (Å²) in [5, 5.41) is 2.45. The van der Waals surface area contributed by atoms with Gasteiger partial charge in [0.15, 0.2) is 5.65 Å². The van der Waals surface area contributed by atoms with E-state index in [1.54, 1.807) is 20.8 Å². The first kappa shape index (κ1) is 20.4. The lowest BCUT2D eigenvalue weighted by Crippen LogP contribution is -2.29. The second kappa shape index (κ2) is 9.33. The second-order valence-corrected chi connectivity index (χ2v) is 7.89. The maximum atomic E-state index is 13.4. The van der Waals surface area contributed by atoms with Crippen LogP contribution in [0, 0.1) is 0 Å². The topological polar surface area (TPSA) is 135 Å². The molecule has 3 rings (SSSR count). The Morgan fingerprint density at radius 3 is 2.44 bits per heavy atom. The number of fused-ring (bicyclic) bond motifs is 1. The lowest BCUT2D eigenvalue weighted by atomic mass is 10.1. The van der Waals surface area contributed by atoms with Crippen LogP contribution in [0.25, 0.3) is 16.7 Å². The number of alkyl halides is 2. The first-order valence-electron chi connectivity index (χ1n) is 11.2. The number of amides is 1. The Bertz CT molecular complexity index is 1400. The number of ether oxygens (including phenoxy) is 3. The largest absolute Gasteiger partial charge is 0.465 e. The minimum Gasteiger partial charge on any atom is -0.465 e. The average Bonchev–Trinajstić information content (AvgIpc) is 2.71. The highest BCUT2D eigenvalue weighted by Crippen LogP contribution is 2.27. The number of anilines is 2. The molecular weight excluding hydrogens is 454 g/mol. The summed E-state index contributed by atoms with van der Waals surface area (Å²) in [5.74, 6) is -2.06. The Labute approximate surface area is 196 Å². The van der Waals surface area contributed by atoms with Gasteiger partial charge in [0.2, 0.25) is 5.88 Å². The number of nitrogens with one attached hydrogen (secondary N) is 1. The highest BCUT2D eigenvalue weighted by atomic mass is 19.3. The Morgan fingerprint density at radius 2 is 1.85 bits per heavy atom. The number of hydrogen-bond donors (Lipinski definition) is 2. The maximum absolute atomic E-state index is 13.4. The number of rotatable bonds is 5. The Kier molecular flexibility index (Phi) is 5.60. The zero-order chi connectivity index (χ0) is 27.7. The first-order chi connectivity index (χ1) is 17.1. The average molecular weight is 479 g/mol. The predicted octanol–water partition coefficient (Wildman–Crippen LogP) is 3.70. The van der Waals surface area contributed by atoms with Gasteiger partial charge in [0.05, 0.1) is 22.5 Å². The Balaban J connectivity index is 2.17. The third-order valence-corrected chi connectivity index (χ3v) is 4.32. The van der Waals surface area contributed by atoms with Crippen molar-refractivity contribution in [3.63, 3.8) is 0 Å². The molecule has 2 aromatic heterocycles. The van der Waals surface area contributed by atoms with Gasteiger partial charge in [0, 0.05) is 17.1 Å². The van der Waals surface area contributed by atoms with Gasteiger partial charge in [0.1, 0.15) is 11.2 Å². The minimum absolute atomic E-state index is 0.0466. The molecule has 0 atom stereocenters. The van der Waals surface area contributed by atoms with Crippen LogP contribution in [0.3, 0.4) is 0 Å². The third kappa shape index (κ3) is 5.22. The lowest BCUT2D eigenvalue weighted by molar-refractivity contribution is -0.0526. The van der Waals surface area contributed by atoms with Gasteiger partial charge in [-0.15, -0.1) is 0 Å². The molecule has 2 heterocycles. The third-order valence-electron chi connectivity index (χ3n) is 4.32. The number of nitrogens with zero attached hydrogens (tertiary/aromatic N) is 2. The number of carbonyl (C=O) groups excluding carboxylic acids is 2. The van der Waals surface area contributed by atoms with Crippen molar-refractivity contribution in [2.24, 2.45) is 0 Å². The molecule has 0 aliphatic rings. The van der Waals surface area contributed by atoms with Gasteiger partial charge in [-0.05, 0) is 51.1 Å². The molecule has 12 heteroatoms. The number of esters is 1. The first-order valence-corrected chi connectivity index (χ1v) is 9.69. The van der Waals surface area contributed by atoms with Crippen LogP contribution < -0.4 is 21.3 Å². The molecule has 0 unspecified atom stereocenters. The van der Waals surface area contributed by atoms with Crippen molar-refractivity contribution in [3.05, 3.63) is 52.3 Å². The van der Waals surface area contributed by atoms with E-state index < -0.39 is 54.0 Å². The van der Waals surface area contributed by atoms with E-state index in [0.717, 1.165) is 10.6 Å². The van der Waals surface area contributed by atoms with Crippen molar-refractivity contribution in [1.29, 1.82) is 0 Å². The molecule has 34 heavy (non-hydrogen) atoms. The summed E-state index contributed by atoms with van der Waals surface area (Å²) < 4.78 is 61.7. The van der Waals surface area contributed by atoms with Gasteiger partial charge in [0.25, 0.3) is 5.56 Å². The molecule has 0 saturated carbocycles. The summed E-state index contributed by atoms with van der Waals surface area (Å²) in [6.07, 6.45) is -0.736. The van der Waals surface area contributed by atoms with Gasteiger partial charge in [-0.1, -0.05) is 0 Å².